The minimum atomic E-state index is -0.0624. The van der Waals surface area contributed by atoms with Crippen molar-refractivity contribution in [3.8, 4) is 5.75 Å². The third kappa shape index (κ3) is 6.70. The van der Waals surface area contributed by atoms with Crippen molar-refractivity contribution in [3.63, 3.8) is 0 Å². The van der Waals surface area contributed by atoms with Crippen LogP contribution >= 0.6 is 12.4 Å². The molecular weight excluding hydrogens is 366 g/mol. The molecule has 6 nitrogen and oxygen atoms in total. The molecule has 0 aromatic heterocycles. The van der Waals surface area contributed by atoms with E-state index < -0.39 is 0 Å². The van der Waals surface area contributed by atoms with Crippen LogP contribution in [0.5, 0.6) is 5.75 Å². The Balaban J connectivity index is 0.00000364. The Kier molecular flexibility index (Phi) is 9.60. The lowest BCUT2D eigenvalue weighted by Gasteiger charge is -2.36. The lowest BCUT2D eigenvalue weighted by molar-refractivity contribution is -0.137. The number of ether oxygens (including phenoxy) is 1. The van der Waals surface area contributed by atoms with Crippen molar-refractivity contribution in [2.24, 2.45) is 5.73 Å². The highest BCUT2D eigenvalue weighted by atomic mass is 35.5. The summed E-state index contributed by atoms with van der Waals surface area (Å²) < 4.78 is 5.85. The number of nitrogens with zero attached hydrogens (tertiary/aromatic N) is 1. The minimum absolute atomic E-state index is 0. The van der Waals surface area contributed by atoms with Gasteiger partial charge in [0.15, 0.2) is 6.61 Å². The number of amides is 2. The van der Waals surface area contributed by atoms with Crippen molar-refractivity contribution < 1.29 is 14.3 Å². The van der Waals surface area contributed by atoms with Crippen molar-refractivity contribution in [1.29, 1.82) is 0 Å². The number of piperidine rings is 1. The van der Waals surface area contributed by atoms with Gasteiger partial charge in [0.25, 0.3) is 5.91 Å². The van der Waals surface area contributed by atoms with Crippen LogP contribution in [0.3, 0.4) is 0 Å². The van der Waals surface area contributed by atoms with E-state index in [0.29, 0.717) is 26.1 Å². The average Bonchev–Trinajstić information content (AvgIpc) is 2.59. The van der Waals surface area contributed by atoms with Gasteiger partial charge in [0.2, 0.25) is 5.91 Å². The molecule has 1 aliphatic rings. The maximum atomic E-state index is 12.7. The fourth-order valence-corrected chi connectivity index (χ4v) is 3.60. The molecule has 0 saturated carbocycles. The summed E-state index contributed by atoms with van der Waals surface area (Å²) in [5.74, 6) is 0.698. The number of hydrogen-bond donors (Lipinski definition) is 2. The van der Waals surface area contributed by atoms with Gasteiger partial charge in [-0.2, -0.15) is 0 Å². The minimum Gasteiger partial charge on any atom is -0.483 e. The van der Waals surface area contributed by atoms with Gasteiger partial charge >= 0.3 is 0 Å². The number of carbonyl (C=O) groups is 2. The summed E-state index contributed by atoms with van der Waals surface area (Å²) in [7, 11) is 0. The molecule has 1 atom stereocenters. The second-order valence-corrected chi connectivity index (χ2v) is 7.10. The van der Waals surface area contributed by atoms with E-state index in [-0.39, 0.29) is 36.9 Å². The molecular formula is C20H32ClN3O3. The fourth-order valence-electron chi connectivity index (χ4n) is 3.60. The predicted octanol–water partition coefficient (Wildman–Crippen LogP) is 2.26. The first-order valence-electron chi connectivity index (χ1n) is 9.39. The lowest BCUT2D eigenvalue weighted by Crippen LogP contribution is -2.50. The zero-order valence-corrected chi connectivity index (χ0v) is 17.4. The van der Waals surface area contributed by atoms with Gasteiger partial charge in [-0.05, 0) is 51.2 Å². The van der Waals surface area contributed by atoms with E-state index >= 15 is 0 Å². The topological polar surface area (TPSA) is 84.7 Å². The summed E-state index contributed by atoms with van der Waals surface area (Å²) in [4.78, 5) is 26.2. The number of halogens is 1. The van der Waals surface area contributed by atoms with Crippen molar-refractivity contribution in [3.05, 3.63) is 28.8 Å². The summed E-state index contributed by atoms with van der Waals surface area (Å²) in [6, 6.07) is 4.15. The first-order chi connectivity index (χ1) is 12.4. The molecule has 1 saturated heterocycles. The van der Waals surface area contributed by atoms with Crippen molar-refractivity contribution in [2.45, 2.75) is 52.5 Å². The van der Waals surface area contributed by atoms with Gasteiger partial charge in [-0.25, -0.2) is 0 Å². The van der Waals surface area contributed by atoms with E-state index in [0.717, 1.165) is 36.1 Å². The van der Waals surface area contributed by atoms with Crippen LogP contribution in [0.25, 0.3) is 0 Å². The Bertz CT molecular complexity index is 628. The monoisotopic (exact) mass is 397 g/mol. The smallest absolute Gasteiger partial charge is 0.260 e. The van der Waals surface area contributed by atoms with Crippen LogP contribution in [0.2, 0.25) is 0 Å². The lowest BCUT2D eigenvalue weighted by atomic mass is 10.0. The van der Waals surface area contributed by atoms with Gasteiger partial charge in [-0.15, -0.1) is 12.4 Å². The molecule has 1 unspecified atom stereocenters. The summed E-state index contributed by atoms with van der Waals surface area (Å²) >= 11 is 0. The largest absolute Gasteiger partial charge is 0.483 e. The second kappa shape index (κ2) is 11.1. The standard InChI is InChI=1S/C20H31N3O3.ClH/c1-14-10-15(2)20(16(3)11-14)26-13-19(25)23-9-5-4-6-17(23)12-22-18(24)7-8-21;/h10-11,17H,4-9,12-13,21H2,1-3H3,(H,22,24);1H. The number of benzene rings is 1. The highest BCUT2D eigenvalue weighted by Gasteiger charge is 2.27. The first kappa shape index (κ1) is 23.2. The number of hydrogen-bond acceptors (Lipinski definition) is 4. The van der Waals surface area contributed by atoms with Gasteiger partial charge in [0.1, 0.15) is 5.75 Å². The predicted molar refractivity (Wildman–Crippen MR) is 109 cm³/mol. The third-order valence-corrected chi connectivity index (χ3v) is 4.80. The van der Waals surface area contributed by atoms with Crippen LogP contribution in [-0.4, -0.2) is 49.0 Å². The number of nitrogens with one attached hydrogen (secondary N) is 1. The van der Waals surface area contributed by atoms with Crippen molar-refractivity contribution >= 4 is 24.2 Å². The van der Waals surface area contributed by atoms with Crippen LogP contribution in [0, 0.1) is 20.8 Å². The van der Waals surface area contributed by atoms with E-state index in [1.54, 1.807) is 0 Å². The summed E-state index contributed by atoms with van der Waals surface area (Å²) in [5, 5.41) is 2.88. The molecule has 3 N–H and O–H groups in total. The first-order valence-corrected chi connectivity index (χ1v) is 9.39. The van der Waals surface area contributed by atoms with Crippen LogP contribution in [0.1, 0.15) is 42.4 Å². The van der Waals surface area contributed by atoms with E-state index in [9.17, 15) is 9.59 Å². The number of nitrogens with two attached hydrogens (primary N) is 1. The molecule has 0 bridgehead atoms. The Hall–Kier alpha value is -1.79. The van der Waals surface area contributed by atoms with Crippen molar-refractivity contribution in [1.82, 2.24) is 10.2 Å². The molecule has 0 radical (unpaired) electrons. The van der Waals surface area contributed by atoms with Gasteiger partial charge < -0.3 is 20.7 Å². The number of aryl methyl sites for hydroxylation is 3. The van der Waals surface area contributed by atoms with Gasteiger partial charge in [-0.1, -0.05) is 17.7 Å². The SMILES string of the molecule is Cc1cc(C)c(OCC(=O)N2CCCCC2CNC(=O)CCN)c(C)c1.Cl. The molecule has 0 spiro atoms. The number of carbonyl (C=O) groups excluding carboxylic acids is 2. The molecule has 2 rings (SSSR count). The zero-order valence-electron chi connectivity index (χ0n) is 16.5. The van der Waals surface area contributed by atoms with E-state index in [1.807, 2.05) is 25.7 Å². The highest BCUT2D eigenvalue weighted by Crippen LogP contribution is 2.25. The van der Waals surface area contributed by atoms with Crippen molar-refractivity contribution in [2.75, 3.05) is 26.2 Å². The molecule has 27 heavy (non-hydrogen) atoms. The van der Waals surface area contributed by atoms with Gasteiger partial charge in [-0.3, -0.25) is 9.59 Å². The molecule has 2 amide bonds. The van der Waals surface area contributed by atoms with Gasteiger partial charge in [0.05, 0.1) is 0 Å². The maximum absolute atomic E-state index is 12.7. The normalized spacial score (nSPS) is 16.4. The van der Waals surface area contributed by atoms with E-state index in [4.69, 9.17) is 10.5 Å². The average molecular weight is 398 g/mol. The molecule has 1 aliphatic heterocycles. The molecule has 1 aromatic rings. The molecule has 1 fully saturated rings. The van der Waals surface area contributed by atoms with E-state index in [2.05, 4.69) is 17.4 Å². The summed E-state index contributed by atoms with van der Waals surface area (Å²) in [6.07, 6.45) is 3.27. The Morgan fingerprint density at radius 1 is 1.22 bits per heavy atom. The highest BCUT2D eigenvalue weighted by molar-refractivity contribution is 5.85. The summed E-state index contributed by atoms with van der Waals surface area (Å²) in [5.41, 5.74) is 8.67. The Morgan fingerprint density at radius 3 is 2.52 bits per heavy atom. The third-order valence-electron chi connectivity index (χ3n) is 4.80. The quantitative estimate of drug-likeness (QED) is 0.739. The fraction of sp³-hybridized carbons (Fsp3) is 0.600. The maximum Gasteiger partial charge on any atom is 0.260 e. The van der Waals surface area contributed by atoms with Crippen LogP contribution in [0.15, 0.2) is 12.1 Å². The van der Waals surface area contributed by atoms with Crippen LogP contribution < -0.4 is 15.8 Å². The zero-order chi connectivity index (χ0) is 19.1. The molecule has 0 aliphatic carbocycles. The Morgan fingerprint density at radius 2 is 1.89 bits per heavy atom. The second-order valence-electron chi connectivity index (χ2n) is 7.10. The Labute approximate surface area is 168 Å². The molecule has 152 valence electrons. The number of likely N-dealkylation sites (tertiary alicyclic amines) is 1. The molecule has 1 heterocycles. The van der Waals surface area contributed by atoms with Crippen LogP contribution in [-0.2, 0) is 9.59 Å². The number of rotatable bonds is 7. The van der Waals surface area contributed by atoms with E-state index in [1.165, 1.54) is 5.56 Å². The summed E-state index contributed by atoms with van der Waals surface area (Å²) in [6.45, 7) is 7.60. The molecule has 7 heteroatoms. The molecule has 1 aromatic carbocycles. The van der Waals surface area contributed by atoms with Crippen LogP contribution in [0.4, 0.5) is 0 Å². The van der Waals surface area contributed by atoms with Gasteiger partial charge in [0, 0.05) is 32.1 Å².